The molecule has 5 nitrogen and oxygen atoms in total. The van der Waals surface area contributed by atoms with Gasteiger partial charge in [0.2, 0.25) is 5.91 Å². The van der Waals surface area contributed by atoms with Gasteiger partial charge in [0.05, 0.1) is 5.25 Å². The van der Waals surface area contributed by atoms with Crippen molar-refractivity contribution in [2.24, 2.45) is 0 Å². The normalized spacial score (nSPS) is 12.3. The molecule has 3 aromatic rings. The Morgan fingerprint density at radius 3 is 2.75 bits per heavy atom. The van der Waals surface area contributed by atoms with Gasteiger partial charge in [-0.05, 0) is 44.5 Å². The Hall–Kier alpha value is -2.34. The van der Waals surface area contributed by atoms with Gasteiger partial charge in [0.15, 0.2) is 5.16 Å². The van der Waals surface area contributed by atoms with Crippen LogP contribution in [-0.4, -0.2) is 26.1 Å². The minimum atomic E-state index is -0.253. The molecule has 0 saturated heterocycles. The van der Waals surface area contributed by atoms with Crippen LogP contribution in [0.1, 0.15) is 23.9 Å². The first kappa shape index (κ1) is 16.5. The lowest BCUT2D eigenvalue weighted by atomic mass is 10.1. The van der Waals surface area contributed by atoms with Gasteiger partial charge in [-0.25, -0.2) is 9.97 Å². The number of amides is 1. The van der Waals surface area contributed by atoms with E-state index in [-0.39, 0.29) is 11.2 Å². The molecule has 0 fully saturated rings. The number of aromatic amines is 1. The van der Waals surface area contributed by atoms with E-state index in [1.54, 1.807) is 0 Å². The van der Waals surface area contributed by atoms with Crippen LogP contribution >= 0.6 is 11.8 Å². The molecule has 1 aromatic carbocycles. The van der Waals surface area contributed by atoms with Gasteiger partial charge in [-0.2, -0.15) is 0 Å². The molecule has 2 aromatic heterocycles. The number of nitrogens with zero attached hydrogens (tertiary/aromatic N) is 2. The average Bonchev–Trinajstić information content (AvgIpc) is 3.00. The summed E-state index contributed by atoms with van der Waals surface area (Å²) in [4.78, 5) is 24.3. The van der Waals surface area contributed by atoms with Crippen molar-refractivity contribution in [1.82, 2.24) is 20.3 Å². The van der Waals surface area contributed by atoms with Gasteiger partial charge in [-0.1, -0.05) is 23.9 Å². The van der Waals surface area contributed by atoms with E-state index in [4.69, 9.17) is 0 Å². The zero-order chi connectivity index (χ0) is 17.1. The van der Waals surface area contributed by atoms with E-state index >= 15 is 0 Å². The second-order valence-corrected chi connectivity index (χ2v) is 7.08. The third-order valence-electron chi connectivity index (χ3n) is 3.75. The van der Waals surface area contributed by atoms with Gasteiger partial charge < -0.3 is 10.3 Å². The van der Waals surface area contributed by atoms with Gasteiger partial charge in [-0.3, -0.25) is 4.79 Å². The SMILES string of the molecule is Cc1cc(C)nc(S[C@@H](C)C(=O)NCc2cccc3[nH]ccc23)n1. The van der Waals surface area contributed by atoms with E-state index in [9.17, 15) is 4.79 Å². The predicted octanol–water partition coefficient (Wildman–Crippen LogP) is 3.37. The molecular weight excluding hydrogens is 320 g/mol. The molecule has 2 N–H and O–H groups in total. The van der Waals surface area contributed by atoms with Crippen LogP contribution in [0.3, 0.4) is 0 Å². The molecule has 2 heterocycles. The van der Waals surface area contributed by atoms with E-state index in [0.29, 0.717) is 11.7 Å². The highest BCUT2D eigenvalue weighted by Gasteiger charge is 2.16. The second kappa shape index (κ2) is 7.05. The Labute approximate surface area is 145 Å². The molecule has 0 saturated carbocycles. The minimum absolute atomic E-state index is 0.0182. The van der Waals surface area contributed by atoms with Gasteiger partial charge in [0, 0.05) is 35.0 Å². The summed E-state index contributed by atoms with van der Waals surface area (Å²) in [6, 6.07) is 9.99. The highest BCUT2D eigenvalue weighted by molar-refractivity contribution is 8.00. The van der Waals surface area contributed by atoms with Crippen LogP contribution in [0.4, 0.5) is 0 Å². The summed E-state index contributed by atoms with van der Waals surface area (Å²) in [6.07, 6.45) is 1.91. The maximum absolute atomic E-state index is 12.4. The lowest BCUT2D eigenvalue weighted by molar-refractivity contribution is -0.120. The maximum Gasteiger partial charge on any atom is 0.233 e. The number of rotatable bonds is 5. The molecule has 24 heavy (non-hydrogen) atoms. The lowest BCUT2D eigenvalue weighted by Crippen LogP contribution is -2.30. The van der Waals surface area contributed by atoms with Crippen molar-refractivity contribution in [2.45, 2.75) is 37.7 Å². The summed E-state index contributed by atoms with van der Waals surface area (Å²) in [7, 11) is 0. The number of aryl methyl sites for hydroxylation is 2. The first-order valence-electron chi connectivity index (χ1n) is 7.84. The van der Waals surface area contributed by atoms with Crippen molar-refractivity contribution >= 4 is 28.6 Å². The Morgan fingerprint density at radius 2 is 2.00 bits per heavy atom. The van der Waals surface area contributed by atoms with Crippen molar-refractivity contribution in [3.05, 3.63) is 53.5 Å². The summed E-state index contributed by atoms with van der Waals surface area (Å²) >= 11 is 1.38. The molecule has 1 atom stereocenters. The third-order valence-corrected chi connectivity index (χ3v) is 4.71. The number of carbonyl (C=O) groups is 1. The lowest BCUT2D eigenvalue weighted by Gasteiger charge is -2.12. The van der Waals surface area contributed by atoms with Crippen molar-refractivity contribution in [2.75, 3.05) is 0 Å². The zero-order valence-electron chi connectivity index (χ0n) is 14.0. The van der Waals surface area contributed by atoms with Crippen molar-refractivity contribution in [3.63, 3.8) is 0 Å². The smallest absolute Gasteiger partial charge is 0.233 e. The Balaban J connectivity index is 1.63. The molecule has 0 spiro atoms. The second-order valence-electron chi connectivity index (χ2n) is 5.77. The van der Waals surface area contributed by atoms with Crippen molar-refractivity contribution in [3.8, 4) is 0 Å². The average molecular weight is 340 g/mol. The molecule has 0 unspecified atom stereocenters. The van der Waals surface area contributed by atoms with Crippen LogP contribution < -0.4 is 5.32 Å². The first-order valence-corrected chi connectivity index (χ1v) is 8.72. The number of thioether (sulfide) groups is 1. The molecule has 124 valence electrons. The molecule has 0 aliphatic carbocycles. The highest BCUT2D eigenvalue weighted by Crippen LogP contribution is 2.21. The molecule has 0 aliphatic rings. The first-order chi connectivity index (χ1) is 11.5. The number of carbonyl (C=O) groups excluding carboxylic acids is 1. The fourth-order valence-electron chi connectivity index (χ4n) is 2.59. The molecule has 1 amide bonds. The number of H-pyrrole nitrogens is 1. The Kier molecular flexibility index (Phi) is 4.85. The van der Waals surface area contributed by atoms with E-state index in [2.05, 4.69) is 20.3 Å². The van der Waals surface area contributed by atoms with Crippen molar-refractivity contribution < 1.29 is 4.79 Å². The number of benzene rings is 1. The van der Waals surface area contributed by atoms with Crippen LogP contribution in [-0.2, 0) is 11.3 Å². The van der Waals surface area contributed by atoms with Gasteiger partial charge >= 0.3 is 0 Å². The standard InChI is InChI=1S/C18H20N4OS/c1-11-9-12(2)22-18(21-11)24-13(3)17(23)20-10-14-5-4-6-16-15(14)7-8-19-16/h4-9,13,19H,10H2,1-3H3,(H,20,23)/t13-/m0/s1. The fraction of sp³-hybridized carbons (Fsp3) is 0.278. The highest BCUT2D eigenvalue weighted by atomic mass is 32.2. The van der Waals surface area contributed by atoms with Gasteiger partial charge in [-0.15, -0.1) is 0 Å². The predicted molar refractivity (Wildman–Crippen MR) is 97.0 cm³/mol. The number of hydrogen-bond donors (Lipinski definition) is 2. The molecule has 0 aliphatic heterocycles. The summed E-state index contributed by atoms with van der Waals surface area (Å²) < 4.78 is 0. The summed E-state index contributed by atoms with van der Waals surface area (Å²) in [5.41, 5.74) is 4.00. The topological polar surface area (TPSA) is 70.7 Å². The van der Waals surface area contributed by atoms with Crippen LogP contribution in [0.25, 0.3) is 10.9 Å². The van der Waals surface area contributed by atoms with E-state index in [1.165, 1.54) is 11.8 Å². The number of nitrogens with one attached hydrogen (secondary N) is 2. The molecule has 3 rings (SSSR count). The molecular formula is C18H20N4OS. The Bertz CT molecular complexity index is 854. The van der Waals surface area contributed by atoms with Crippen LogP contribution in [0.2, 0.25) is 0 Å². The maximum atomic E-state index is 12.4. The monoisotopic (exact) mass is 340 g/mol. The largest absolute Gasteiger partial charge is 0.361 e. The van der Waals surface area contributed by atoms with Crippen LogP contribution in [0.15, 0.2) is 41.7 Å². The summed E-state index contributed by atoms with van der Waals surface area (Å²) in [5, 5.41) is 4.52. The van der Waals surface area contributed by atoms with E-state index < -0.39 is 0 Å². The summed E-state index contributed by atoms with van der Waals surface area (Å²) in [5.74, 6) is -0.0182. The van der Waals surface area contributed by atoms with Crippen LogP contribution in [0, 0.1) is 13.8 Å². The Morgan fingerprint density at radius 1 is 1.25 bits per heavy atom. The van der Waals surface area contributed by atoms with Crippen LogP contribution in [0.5, 0.6) is 0 Å². The quantitative estimate of drug-likeness (QED) is 0.552. The zero-order valence-corrected chi connectivity index (χ0v) is 14.8. The van der Waals surface area contributed by atoms with Gasteiger partial charge in [0.1, 0.15) is 0 Å². The third kappa shape index (κ3) is 3.76. The van der Waals surface area contributed by atoms with E-state index in [0.717, 1.165) is 27.9 Å². The van der Waals surface area contributed by atoms with E-state index in [1.807, 2.05) is 57.3 Å². The number of hydrogen-bond acceptors (Lipinski definition) is 4. The fourth-order valence-corrected chi connectivity index (χ4v) is 3.49. The summed E-state index contributed by atoms with van der Waals surface area (Å²) in [6.45, 7) is 6.24. The molecule has 6 heteroatoms. The molecule has 0 radical (unpaired) electrons. The van der Waals surface area contributed by atoms with Crippen molar-refractivity contribution in [1.29, 1.82) is 0 Å². The molecule has 0 bridgehead atoms. The minimum Gasteiger partial charge on any atom is -0.361 e. The number of fused-ring (bicyclic) bond motifs is 1. The number of aromatic nitrogens is 3. The van der Waals surface area contributed by atoms with Gasteiger partial charge in [0.25, 0.3) is 0 Å².